The molecule has 2 aromatic heterocycles. The van der Waals surface area contributed by atoms with Crippen molar-refractivity contribution in [2.75, 3.05) is 0 Å². The Kier molecular flexibility index (Phi) is 4.60. The van der Waals surface area contributed by atoms with E-state index in [1.807, 2.05) is 29.7 Å². The molecule has 23 heavy (non-hydrogen) atoms. The Labute approximate surface area is 150 Å². The second kappa shape index (κ2) is 6.50. The third-order valence-corrected chi connectivity index (χ3v) is 5.70. The lowest BCUT2D eigenvalue weighted by molar-refractivity contribution is 0.0998. The molecule has 0 spiro atoms. The number of thiophene rings is 1. The van der Waals surface area contributed by atoms with Crippen LogP contribution in [0.25, 0.3) is 10.2 Å². The maximum Gasteiger partial charge on any atom is 0.282 e. The minimum Gasteiger partial charge on any atom is -0.305 e. The zero-order valence-corrected chi connectivity index (χ0v) is 15.1. The van der Waals surface area contributed by atoms with E-state index < -0.39 is 5.91 Å². The molecule has 3 nitrogen and oxygen atoms in total. The summed E-state index contributed by atoms with van der Waals surface area (Å²) in [4.78, 5) is 17.1. The van der Waals surface area contributed by atoms with Crippen LogP contribution in [0.4, 0.5) is 0 Å². The Balaban J connectivity index is 2.18. The van der Waals surface area contributed by atoms with Crippen LogP contribution in [0.3, 0.4) is 0 Å². The zero-order chi connectivity index (χ0) is 16.6. The molecule has 0 fully saturated rings. The molecule has 3 aromatic rings. The molecule has 0 N–H and O–H groups in total. The number of fused-ring (bicyclic) bond motifs is 1. The molecule has 0 aliphatic carbocycles. The summed E-state index contributed by atoms with van der Waals surface area (Å²) in [5.74, 6) is 2.18. The first-order valence-corrected chi connectivity index (χ1v) is 8.96. The van der Waals surface area contributed by atoms with E-state index in [0.29, 0.717) is 25.6 Å². The molecule has 0 aliphatic rings. The molecule has 0 aliphatic heterocycles. The van der Waals surface area contributed by atoms with Crippen molar-refractivity contribution in [3.8, 4) is 12.3 Å². The van der Waals surface area contributed by atoms with E-state index >= 15 is 0 Å². The average molecular weight is 381 g/mol. The Hall–Kier alpha value is -1.58. The highest BCUT2D eigenvalue weighted by Gasteiger charge is 2.14. The van der Waals surface area contributed by atoms with Crippen molar-refractivity contribution in [1.29, 1.82) is 0 Å². The number of aryl methyl sites for hydroxylation is 1. The number of carbonyl (C=O) groups is 1. The normalized spacial score (nSPS) is 11.8. The minimum absolute atomic E-state index is 0.308. The number of halogens is 2. The first-order chi connectivity index (χ1) is 11.0. The Bertz CT molecular complexity index is 1020. The predicted molar refractivity (Wildman–Crippen MR) is 97.6 cm³/mol. The molecule has 0 radical (unpaired) electrons. The van der Waals surface area contributed by atoms with Crippen LogP contribution in [0.5, 0.6) is 0 Å². The van der Waals surface area contributed by atoms with Gasteiger partial charge in [-0.2, -0.15) is 4.99 Å². The van der Waals surface area contributed by atoms with Gasteiger partial charge in [0.25, 0.3) is 5.91 Å². The number of carbonyl (C=O) groups excluding carboxylic acids is 1. The van der Waals surface area contributed by atoms with Gasteiger partial charge in [-0.25, -0.2) is 0 Å². The highest BCUT2D eigenvalue weighted by atomic mass is 35.5. The molecule has 7 heteroatoms. The number of thiazole rings is 1. The van der Waals surface area contributed by atoms with Crippen LogP contribution in [0, 0.1) is 19.3 Å². The van der Waals surface area contributed by atoms with E-state index in [-0.39, 0.29) is 0 Å². The molecule has 0 saturated carbocycles. The molecule has 1 amide bonds. The SMILES string of the molecule is C#CCn1c(=NC(=O)c2cc(Cl)sc2Cl)sc2cc(C)ccc21. The van der Waals surface area contributed by atoms with Crippen LogP contribution in [-0.2, 0) is 6.54 Å². The van der Waals surface area contributed by atoms with E-state index in [0.717, 1.165) is 27.1 Å². The largest absolute Gasteiger partial charge is 0.305 e. The third-order valence-electron chi connectivity index (χ3n) is 3.17. The lowest BCUT2D eigenvalue weighted by Gasteiger charge is -1.99. The van der Waals surface area contributed by atoms with Crippen LogP contribution in [0.1, 0.15) is 15.9 Å². The first kappa shape index (κ1) is 16.3. The van der Waals surface area contributed by atoms with Crippen molar-refractivity contribution in [3.05, 3.63) is 48.9 Å². The van der Waals surface area contributed by atoms with Crippen molar-refractivity contribution >= 4 is 62.0 Å². The van der Waals surface area contributed by atoms with E-state index in [1.54, 1.807) is 0 Å². The standard InChI is InChI=1S/C16H10Cl2N2OS2/c1-3-6-20-11-5-4-9(2)7-12(11)22-16(20)19-15(21)10-8-13(17)23-14(10)18/h1,4-5,7-8H,6H2,2H3. The maximum atomic E-state index is 12.4. The Morgan fingerprint density at radius 1 is 1.35 bits per heavy atom. The van der Waals surface area contributed by atoms with Gasteiger partial charge >= 0.3 is 0 Å². The van der Waals surface area contributed by atoms with Gasteiger partial charge in [0.15, 0.2) is 4.80 Å². The minimum atomic E-state index is -0.424. The van der Waals surface area contributed by atoms with E-state index in [2.05, 4.69) is 10.9 Å². The van der Waals surface area contributed by atoms with Crippen LogP contribution < -0.4 is 4.80 Å². The summed E-state index contributed by atoms with van der Waals surface area (Å²) >= 11 is 14.5. The average Bonchev–Trinajstić information content (AvgIpc) is 2.99. The third kappa shape index (κ3) is 3.22. The lowest BCUT2D eigenvalue weighted by atomic mass is 10.2. The quantitative estimate of drug-likeness (QED) is 0.590. The molecule has 116 valence electrons. The number of rotatable bonds is 2. The summed E-state index contributed by atoms with van der Waals surface area (Å²) < 4.78 is 3.67. The number of hydrogen-bond acceptors (Lipinski definition) is 3. The van der Waals surface area contributed by atoms with Crippen LogP contribution in [0.2, 0.25) is 8.67 Å². The molecule has 0 unspecified atom stereocenters. The summed E-state index contributed by atoms with van der Waals surface area (Å²) in [5, 5.41) is 0. The van der Waals surface area contributed by atoms with Gasteiger partial charge in [-0.15, -0.1) is 17.8 Å². The summed E-state index contributed by atoms with van der Waals surface area (Å²) in [6.45, 7) is 2.35. The van der Waals surface area contributed by atoms with Crippen molar-refractivity contribution in [3.63, 3.8) is 0 Å². The number of amides is 1. The number of hydrogen-bond donors (Lipinski definition) is 0. The van der Waals surface area contributed by atoms with Crippen molar-refractivity contribution in [1.82, 2.24) is 4.57 Å². The fourth-order valence-corrected chi connectivity index (χ4v) is 4.72. The van der Waals surface area contributed by atoms with Gasteiger partial charge in [0.05, 0.1) is 26.7 Å². The van der Waals surface area contributed by atoms with Crippen molar-refractivity contribution < 1.29 is 4.79 Å². The zero-order valence-electron chi connectivity index (χ0n) is 12.0. The molecule has 1 aromatic carbocycles. The number of aromatic nitrogens is 1. The van der Waals surface area contributed by atoms with Gasteiger partial charge in [0.2, 0.25) is 0 Å². The highest BCUT2D eigenvalue weighted by molar-refractivity contribution is 7.20. The predicted octanol–water partition coefficient (Wildman–Crippen LogP) is 4.75. The molecule has 0 atom stereocenters. The second-order valence-corrected chi connectivity index (χ2v) is 8.10. The number of terminal acetylenes is 1. The van der Waals surface area contributed by atoms with Crippen molar-refractivity contribution in [2.24, 2.45) is 4.99 Å². The lowest BCUT2D eigenvalue weighted by Crippen LogP contribution is -2.16. The Morgan fingerprint density at radius 2 is 2.13 bits per heavy atom. The maximum absolute atomic E-state index is 12.4. The fraction of sp³-hybridized carbons (Fsp3) is 0.125. The van der Waals surface area contributed by atoms with Gasteiger partial charge in [-0.05, 0) is 30.7 Å². The van der Waals surface area contributed by atoms with Gasteiger partial charge < -0.3 is 4.57 Å². The smallest absolute Gasteiger partial charge is 0.282 e. The van der Waals surface area contributed by atoms with Gasteiger partial charge in [0, 0.05) is 0 Å². The van der Waals surface area contributed by atoms with Gasteiger partial charge in [0.1, 0.15) is 4.34 Å². The Morgan fingerprint density at radius 3 is 2.78 bits per heavy atom. The molecule has 0 saturated heterocycles. The van der Waals surface area contributed by atoms with Gasteiger partial charge in [-0.1, -0.05) is 46.5 Å². The summed E-state index contributed by atoms with van der Waals surface area (Å²) in [5.41, 5.74) is 2.40. The molecular weight excluding hydrogens is 371 g/mol. The van der Waals surface area contributed by atoms with Crippen LogP contribution in [-0.4, -0.2) is 10.5 Å². The molecule has 3 rings (SSSR count). The van der Waals surface area contributed by atoms with E-state index in [4.69, 9.17) is 29.6 Å². The highest BCUT2D eigenvalue weighted by Crippen LogP contribution is 2.31. The fourth-order valence-electron chi connectivity index (χ4n) is 2.14. The van der Waals surface area contributed by atoms with Crippen LogP contribution >= 0.6 is 45.9 Å². The molecule has 0 bridgehead atoms. The first-order valence-electron chi connectivity index (χ1n) is 6.57. The number of nitrogens with zero attached hydrogens (tertiary/aromatic N) is 2. The topological polar surface area (TPSA) is 34.4 Å². The number of benzene rings is 1. The van der Waals surface area contributed by atoms with Gasteiger partial charge in [-0.3, -0.25) is 4.79 Å². The molecule has 2 heterocycles. The second-order valence-electron chi connectivity index (χ2n) is 4.80. The van der Waals surface area contributed by atoms with Crippen LogP contribution in [0.15, 0.2) is 29.3 Å². The van der Waals surface area contributed by atoms with E-state index in [1.165, 1.54) is 17.4 Å². The summed E-state index contributed by atoms with van der Waals surface area (Å²) in [6, 6.07) is 7.56. The molecular formula is C16H10Cl2N2OS2. The van der Waals surface area contributed by atoms with E-state index in [9.17, 15) is 4.79 Å². The summed E-state index contributed by atoms with van der Waals surface area (Å²) in [6.07, 6.45) is 5.45. The summed E-state index contributed by atoms with van der Waals surface area (Å²) in [7, 11) is 0. The monoisotopic (exact) mass is 380 g/mol. The van der Waals surface area contributed by atoms with Crippen molar-refractivity contribution in [2.45, 2.75) is 13.5 Å².